The highest BCUT2D eigenvalue weighted by Crippen LogP contribution is 2.13. The summed E-state index contributed by atoms with van der Waals surface area (Å²) in [5.41, 5.74) is 1.14. The van der Waals surface area contributed by atoms with E-state index < -0.39 is 6.04 Å². The van der Waals surface area contributed by atoms with Crippen LogP contribution >= 0.6 is 0 Å². The number of nitrogens with one attached hydrogen (secondary N) is 1. The maximum atomic E-state index is 12.3. The van der Waals surface area contributed by atoms with E-state index in [9.17, 15) is 4.79 Å². The van der Waals surface area contributed by atoms with E-state index >= 15 is 0 Å². The lowest BCUT2D eigenvalue weighted by Gasteiger charge is -2.09. The van der Waals surface area contributed by atoms with Gasteiger partial charge in [-0.2, -0.15) is 4.98 Å². The predicted molar refractivity (Wildman–Crippen MR) is 84.8 cm³/mol. The van der Waals surface area contributed by atoms with Gasteiger partial charge in [0.25, 0.3) is 5.91 Å². The zero-order valence-electron chi connectivity index (χ0n) is 13.3. The smallest absolute Gasteiger partial charge is 0.255 e. The molecule has 1 atom stereocenters. The summed E-state index contributed by atoms with van der Waals surface area (Å²) in [4.78, 5) is 28.9. The minimum Gasteiger partial charge on any atom is -0.340 e. The van der Waals surface area contributed by atoms with Crippen molar-refractivity contribution in [3.8, 4) is 11.4 Å². The van der Waals surface area contributed by atoms with Crippen LogP contribution in [0.2, 0.25) is 0 Å². The first-order chi connectivity index (χ1) is 11.7. The molecule has 0 aliphatic rings. The van der Waals surface area contributed by atoms with Gasteiger partial charge in [-0.05, 0) is 19.1 Å². The average molecular weight is 324 g/mol. The van der Waals surface area contributed by atoms with Crippen LogP contribution in [0.5, 0.6) is 0 Å². The van der Waals surface area contributed by atoms with Crippen LogP contribution in [0.1, 0.15) is 42.0 Å². The molecular weight excluding hydrogens is 308 g/mol. The van der Waals surface area contributed by atoms with Crippen LogP contribution in [0.4, 0.5) is 0 Å². The Bertz CT molecular complexity index is 816. The Hall–Kier alpha value is -3.16. The molecule has 0 fully saturated rings. The summed E-state index contributed by atoms with van der Waals surface area (Å²) in [6.45, 7) is 3.70. The second-order valence-electron chi connectivity index (χ2n) is 5.13. The first-order valence-electron chi connectivity index (χ1n) is 7.53. The minimum atomic E-state index is -0.400. The van der Waals surface area contributed by atoms with E-state index in [-0.39, 0.29) is 5.91 Å². The van der Waals surface area contributed by atoms with Crippen molar-refractivity contribution in [3.05, 3.63) is 54.2 Å². The Morgan fingerprint density at radius 1 is 1.29 bits per heavy atom. The van der Waals surface area contributed by atoms with Gasteiger partial charge in [-0.15, -0.1) is 0 Å². The third kappa shape index (κ3) is 3.43. The molecule has 24 heavy (non-hydrogen) atoms. The molecule has 122 valence electrons. The molecule has 3 aromatic rings. The Kier molecular flexibility index (Phi) is 4.55. The molecule has 0 saturated carbocycles. The van der Waals surface area contributed by atoms with E-state index in [1.54, 1.807) is 25.4 Å². The molecule has 0 radical (unpaired) electrons. The van der Waals surface area contributed by atoms with E-state index in [1.165, 1.54) is 12.4 Å². The SMILES string of the molecule is CCc1noc(C(C)NC(=O)c2cnc(-c3cccnc3)nc2)n1. The number of pyridine rings is 1. The van der Waals surface area contributed by atoms with Crippen LogP contribution < -0.4 is 5.32 Å². The second kappa shape index (κ2) is 6.95. The lowest BCUT2D eigenvalue weighted by atomic mass is 10.2. The van der Waals surface area contributed by atoms with Crippen molar-refractivity contribution >= 4 is 5.91 Å². The highest BCUT2D eigenvalue weighted by molar-refractivity contribution is 5.93. The Labute approximate surface area is 138 Å². The van der Waals surface area contributed by atoms with Crippen molar-refractivity contribution in [3.63, 3.8) is 0 Å². The van der Waals surface area contributed by atoms with E-state index in [4.69, 9.17) is 4.52 Å². The summed E-state index contributed by atoms with van der Waals surface area (Å²) < 4.78 is 5.12. The fourth-order valence-corrected chi connectivity index (χ4v) is 2.02. The van der Waals surface area contributed by atoms with Crippen LogP contribution in [0.25, 0.3) is 11.4 Å². The first kappa shape index (κ1) is 15.7. The first-order valence-corrected chi connectivity index (χ1v) is 7.53. The van der Waals surface area contributed by atoms with Gasteiger partial charge in [0.15, 0.2) is 11.6 Å². The maximum absolute atomic E-state index is 12.3. The van der Waals surface area contributed by atoms with Crippen molar-refractivity contribution in [1.29, 1.82) is 0 Å². The maximum Gasteiger partial charge on any atom is 0.255 e. The van der Waals surface area contributed by atoms with E-state index in [1.807, 2.05) is 13.0 Å². The largest absolute Gasteiger partial charge is 0.340 e. The standard InChI is InChI=1S/C16H16N6O2/c1-3-13-21-16(24-22-13)10(2)20-15(23)12-8-18-14(19-9-12)11-5-4-6-17-7-11/h4-10H,3H2,1-2H3,(H,20,23). The number of amides is 1. The number of hydrogen-bond donors (Lipinski definition) is 1. The van der Waals surface area contributed by atoms with E-state index in [0.717, 1.165) is 5.56 Å². The van der Waals surface area contributed by atoms with Gasteiger partial charge >= 0.3 is 0 Å². The average Bonchev–Trinajstić information content (AvgIpc) is 3.12. The third-order valence-corrected chi connectivity index (χ3v) is 3.35. The Balaban J connectivity index is 1.69. The highest BCUT2D eigenvalue weighted by Gasteiger charge is 2.17. The van der Waals surface area contributed by atoms with Crippen LogP contribution in [-0.2, 0) is 6.42 Å². The summed E-state index contributed by atoms with van der Waals surface area (Å²) in [5.74, 6) is 1.18. The molecule has 8 heteroatoms. The summed E-state index contributed by atoms with van der Waals surface area (Å²) in [7, 11) is 0. The molecule has 0 spiro atoms. The van der Waals surface area contributed by atoms with Crippen LogP contribution in [0.3, 0.4) is 0 Å². The highest BCUT2D eigenvalue weighted by atomic mass is 16.5. The summed E-state index contributed by atoms with van der Waals surface area (Å²) >= 11 is 0. The number of hydrogen-bond acceptors (Lipinski definition) is 7. The zero-order chi connectivity index (χ0) is 16.9. The van der Waals surface area contributed by atoms with E-state index in [0.29, 0.717) is 29.5 Å². The molecule has 0 aliphatic carbocycles. The topological polar surface area (TPSA) is 107 Å². The molecule has 0 bridgehead atoms. The van der Waals surface area contributed by atoms with Crippen LogP contribution in [0, 0.1) is 0 Å². The molecule has 1 amide bonds. The Morgan fingerprint density at radius 3 is 2.71 bits per heavy atom. The van der Waals surface area contributed by atoms with E-state index in [2.05, 4.69) is 30.4 Å². The van der Waals surface area contributed by atoms with Crippen molar-refractivity contribution < 1.29 is 9.32 Å². The zero-order valence-corrected chi connectivity index (χ0v) is 13.3. The molecule has 8 nitrogen and oxygen atoms in total. The van der Waals surface area contributed by atoms with Crippen LogP contribution in [0.15, 0.2) is 41.4 Å². The molecule has 1 N–H and O–H groups in total. The quantitative estimate of drug-likeness (QED) is 0.764. The molecule has 0 saturated heterocycles. The Morgan fingerprint density at radius 2 is 2.08 bits per heavy atom. The van der Waals surface area contributed by atoms with Gasteiger partial charge in [0, 0.05) is 36.8 Å². The third-order valence-electron chi connectivity index (χ3n) is 3.35. The normalized spacial score (nSPS) is 11.9. The fraction of sp³-hybridized carbons (Fsp3) is 0.250. The summed E-state index contributed by atoms with van der Waals surface area (Å²) in [5, 5.41) is 6.59. The van der Waals surface area contributed by atoms with Crippen molar-refractivity contribution in [2.75, 3.05) is 0 Å². The number of aryl methyl sites for hydroxylation is 1. The molecule has 3 aromatic heterocycles. The predicted octanol–water partition coefficient (Wildman–Crippen LogP) is 1.97. The van der Waals surface area contributed by atoms with Gasteiger partial charge in [-0.1, -0.05) is 12.1 Å². The fourth-order valence-electron chi connectivity index (χ4n) is 2.02. The molecule has 0 aromatic carbocycles. The van der Waals surface area contributed by atoms with Gasteiger partial charge in [-0.3, -0.25) is 9.78 Å². The second-order valence-corrected chi connectivity index (χ2v) is 5.13. The number of carbonyl (C=O) groups excluding carboxylic acids is 1. The van der Waals surface area contributed by atoms with Gasteiger partial charge in [0.1, 0.15) is 6.04 Å². The summed E-state index contributed by atoms with van der Waals surface area (Å²) in [6, 6.07) is 3.25. The van der Waals surface area contributed by atoms with Gasteiger partial charge in [0.2, 0.25) is 5.89 Å². The molecular formula is C16H16N6O2. The number of nitrogens with zero attached hydrogens (tertiary/aromatic N) is 5. The number of carbonyl (C=O) groups is 1. The summed E-state index contributed by atoms with van der Waals surface area (Å²) in [6.07, 6.45) is 6.96. The van der Waals surface area contributed by atoms with Gasteiger partial charge in [-0.25, -0.2) is 9.97 Å². The molecule has 0 aliphatic heterocycles. The molecule has 3 rings (SSSR count). The minimum absolute atomic E-state index is 0.309. The molecule has 1 unspecified atom stereocenters. The van der Waals surface area contributed by atoms with Crippen LogP contribution in [-0.4, -0.2) is 31.0 Å². The molecule has 3 heterocycles. The lowest BCUT2D eigenvalue weighted by molar-refractivity contribution is 0.0932. The lowest BCUT2D eigenvalue weighted by Crippen LogP contribution is -2.27. The number of rotatable bonds is 5. The van der Waals surface area contributed by atoms with Crippen molar-refractivity contribution in [1.82, 2.24) is 30.4 Å². The number of aromatic nitrogens is 5. The van der Waals surface area contributed by atoms with Crippen molar-refractivity contribution in [2.45, 2.75) is 26.3 Å². The van der Waals surface area contributed by atoms with Gasteiger partial charge < -0.3 is 9.84 Å². The van der Waals surface area contributed by atoms with Gasteiger partial charge in [0.05, 0.1) is 5.56 Å². The monoisotopic (exact) mass is 324 g/mol. The van der Waals surface area contributed by atoms with Crippen molar-refractivity contribution in [2.24, 2.45) is 0 Å².